The zero-order valence-corrected chi connectivity index (χ0v) is 19.8. The lowest BCUT2D eigenvalue weighted by Crippen LogP contribution is -2.14. The van der Waals surface area contributed by atoms with E-state index in [9.17, 15) is 21.4 Å². The van der Waals surface area contributed by atoms with Gasteiger partial charge in [-0.15, -0.1) is 0 Å². The average molecular weight is 502 g/mol. The van der Waals surface area contributed by atoms with Gasteiger partial charge in [0.05, 0.1) is 17.5 Å². The Kier molecular flexibility index (Phi) is 6.72. The molecule has 8 nitrogen and oxygen atoms in total. The fourth-order valence-corrected chi connectivity index (χ4v) is 5.38. The van der Waals surface area contributed by atoms with Crippen LogP contribution in [0.1, 0.15) is 39.4 Å². The van der Waals surface area contributed by atoms with Crippen LogP contribution >= 0.6 is 0 Å². The molecular formula is C24H23NO7S2. The van der Waals surface area contributed by atoms with Crippen LogP contribution in [-0.2, 0) is 38.1 Å². The second-order valence-electron chi connectivity index (χ2n) is 7.89. The topological polar surface area (TPSA) is 130 Å². The standard InChI is InChI=1S/C24H23NO7S2/c1-32-15-20-4-2-3-19-14-25-24(23(19)20)18-9-6-16(7-10-18)5-8-17-11-12-21(33(26,27)28)13-22(17)34(29,30)31/h2-13,24-25H,14-15H2,1H3,(H,26,27,28)(H,29,30,31). The third-order valence-electron chi connectivity index (χ3n) is 5.66. The van der Waals surface area contributed by atoms with E-state index in [1.807, 2.05) is 30.3 Å². The van der Waals surface area contributed by atoms with Crippen LogP contribution in [-0.4, -0.2) is 33.1 Å². The van der Waals surface area contributed by atoms with E-state index >= 15 is 0 Å². The highest BCUT2D eigenvalue weighted by Crippen LogP contribution is 2.34. The van der Waals surface area contributed by atoms with Crippen molar-refractivity contribution in [2.75, 3.05) is 7.11 Å². The maximum absolute atomic E-state index is 11.7. The van der Waals surface area contributed by atoms with Crippen molar-refractivity contribution in [2.45, 2.75) is 29.0 Å². The van der Waals surface area contributed by atoms with Gasteiger partial charge in [-0.2, -0.15) is 16.8 Å². The molecule has 0 spiro atoms. The maximum Gasteiger partial charge on any atom is 0.295 e. The first-order chi connectivity index (χ1) is 16.1. The summed E-state index contributed by atoms with van der Waals surface area (Å²) in [5.41, 5.74) is 5.49. The Balaban J connectivity index is 1.62. The van der Waals surface area contributed by atoms with E-state index in [1.165, 1.54) is 23.3 Å². The fraction of sp³-hybridized carbons (Fsp3) is 0.167. The highest BCUT2D eigenvalue weighted by atomic mass is 32.2. The summed E-state index contributed by atoms with van der Waals surface area (Å²) >= 11 is 0. The molecule has 3 aromatic rings. The monoisotopic (exact) mass is 501 g/mol. The molecular weight excluding hydrogens is 478 g/mol. The molecule has 0 radical (unpaired) electrons. The van der Waals surface area contributed by atoms with Crippen molar-refractivity contribution < 1.29 is 30.7 Å². The summed E-state index contributed by atoms with van der Waals surface area (Å²) in [6.45, 7) is 1.28. The molecule has 0 saturated heterocycles. The summed E-state index contributed by atoms with van der Waals surface area (Å²) < 4.78 is 70.1. The number of hydrogen-bond acceptors (Lipinski definition) is 6. The van der Waals surface area contributed by atoms with Gasteiger partial charge in [0.2, 0.25) is 0 Å². The predicted molar refractivity (Wildman–Crippen MR) is 127 cm³/mol. The quantitative estimate of drug-likeness (QED) is 0.330. The van der Waals surface area contributed by atoms with Gasteiger partial charge in [0.15, 0.2) is 0 Å². The van der Waals surface area contributed by atoms with E-state index in [2.05, 4.69) is 17.4 Å². The molecule has 0 bridgehead atoms. The second kappa shape index (κ2) is 9.41. The molecule has 0 amide bonds. The second-order valence-corrected chi connectivity index (χ2v) is 10.7. The number of rotatable bonds is 7. The number of nitrogens with one attached hydrogen (secondary N) is 1. The zero-order valence-electron chi connectivity index (χ0n) is 18.2. The van der Waals surface area contributed by atoms with Crippen LogP contribution in [0.5, 0.6) is 0 Å². The number of methoxy groups -OCH3 is 1. The Morgan fingerprint density at radius 2 is 1.71 bits per heavy atom. The van der Waals surface area contributed by atoms with Gasteiger partial charge in [0.1, 0.15) is 4.90 Å². The van der Waals surface area contributed by atoms with E-state index in [1.54, 1.807) is 13.2 Å². The lowest BCUT2D eigenvalue weighted by molar-refractivity contribution is 0.184. The molecule has 0 saturated carbocycles. The van der Waals surface area contributed by atoms with E-state index < -0.39 is 30.0 Å². The molecule has 10 heteroatoms. The molecule has 1 heterocycles. The van der Waals surface area contributed by atoms with E-state index in [-0.39, 0.29) is 11.6 Å². The zero-order chi connectivity index (χ0) is 24.5. The van der Waals surface area contributed by atoms with Crippen LogP contribution in [0, 0.1) is 0 Å². The molecule has 0 fully saturated rings. The first-order valence-corrected chi connectivity index (χ1v) is 13.2. The molecule has 0 aromatic heterocycles. The van der Waals surface area contributed by atoms with Crippen LogP contribution in [0.15, 0.2) is 70.5 Å². The minimum Gasteiger partial charge on any atom is -0.380 e. The molecule has 178 valence electrons. The smallest absolute Gasteiger partial charge is 0.295 e. The summed E-state index contributed by atoms with van der Waals surface area (Å²) in [6.07, 6.45) is 3.10. The highest BCUT2D eigenvalue weighted by molar-refractivity contribution is 7.86. The van der Waals surface area contributed by atoms with Gasteiger partial charge in [-0.05, 0) is 45.5 Å². The number of benzene rings is 3. The summed E-state index contributed by atoms with van der Waals surface area (Å²) in [7, 11) is -7.68. The Morgan fingerprint density at radius 3 is 2.35 bits per heavy atom. The first kappa shape index (κ1) is 24.3. The van der Waals surface area contributed by atoms with Crippen molar-refractivity contribution in [1.29, 1.82) is 0 Å². The van der Waals surface area contributed by atoms with Crippen molar-refractivity contribution >= 4 is 32.4 Å². The number of hydrogen-bond donors (Lipinski definition) is 3. The molecule has 3 N–H and O–H groups in total. The Hall–Kier alpha value is -2.86. The molecule has 0 aliphatic carbocycles. The van der Waals surface area contributed by atoms with Crippen LogP contribution in [0.25, 0.3) is 12.2 Å². The minimum atomic E-state index is -4.72. The summed E-state index contributed by atoms with van der Waals surface area (Å²) in [5.74, 6) is 0. The van der Waals surface area contributed by atoms with Crippen LogP contribution < -0.4 is 5.32 Å². The molecule has 1 aliphatic rings. The molecule has 34 heavy (non-hydrogen) atoms. The molecule has 1 atom stereocenters. The Labute approximate surface area is 198 Å². The van der Waals surface area contributed by atoms with Crippen LogP contribution in [0.2, 0.25) is 0 Å². The molecule has 1 aliphatic heterocycles. The Morgan fingerprint density at radius 1 is 0.971 bits per heavy atom. The lowest BCUT2D eigenvalue weighted by Gasteiger charge is -2.16. The van der Waals surface area contributed by atoms with Gasteiger partial charge < -0.3 is 10.1 Å². The third kappa shape index (κ3) is 5.12. The van der Waals surface area contributed by atoms with Gasteiger partial charge in [-0.3, -0.25) is 9.11 Å². The number of fused-ring (bicyclic) bond motifs is 1. The molecule has 1 unspecified atom stereocenters. The van der Waals surface area contributed by atoms with Crippen molar-refractivity contribution in [1.82, 2.24) is 5.32 Å². The maximum atomic E-state index is 11.7. The molecule has 4 rings (SSSR count). The van der Waals surface area contributed by atoms with Crippen LogP contribution in [0.3, 0.4) is 0 Å². The van der Waals surface area contributed by atoms with E-state index in [0.29, 0.717) is 12.7 Å². The third-order valence-corrected chi connectivity index (χ3v) is 7.42. The van der Waals surface area contributed by atoms with Gasteiger partial charge in [0, 0.05) is 13.7 Å². The first-order valence-electron chi connectivity index (χ1n) is 10.3. The van der Waals surface area contributed by atoms with Crippen molar-refractivity contribution in [2.24, 2.45) is 0 Å². The molecule has 3 aromatic carbocycles. The number of ether oxygens (including phenoxy) is 1. The summed E-state index contributed by atoms with van der Waals surface area (Å²) in [6, 6.07) is 16.9. The normalized spacial score (nSPS) is 16.1. The lowest BCUT2D eigenvalue weighted by atomic mass is 9.93. The van der Waals surface area contributed by atoms with Crippen molar-refractivity contribution in [3.05, 3.63) is 94.0 Å². The fourth-order valence-electron chi connectivity index (χ4n) is 4.09. The van der Waals surface area contributed by atoms with Gasteiger partial charge in [-0.25, -0.2) is 0 Å². The predicted octanol–water partition coefficient (Wildman–Crippen LogP) is 3.69. The van der Waals surface area contributed by atoms with E-state index in [0.717, 1.165) is 29.3 Å². The summed E-state index contributed by atoms with van der Waals surface area (Å²) in [5, 5.41) is 3.52. The van der Waals surface area contributed by atoms with Crippen molar-refractivity contribution in [3.63, 3.8) is 0 Å². The van der Waals surface area contributed by atoms with Crippen molar-refractivity contribution in [3.8, 4) is 0 Å². The van der Waals surface area contributed by atoms with Gasteiger partial charge in [0.25, 0.3) is 20.2 Å². The van der Waals surface area contributed by atoms with Crippen LogP contribution in [0.4, 0.5) is 0 Å². The average Bonchev–Trinajstić information content (AvgIpc) is 3.22. The van der Waals surface area contributed by atoms with Gasteiger partial charge in [-0.1, -0.05) is 60.7 Å². The SMILES string of the molecule is COCc1cccc2c1C(c1ccc(C=Cc3ccc(S(=O)(=O)O)cc3S(=O)(=O)O)cc1)NC2. The summed E-state index contributed by atoms with van der Waals surface area (Å²) in [4.78, 5) is -1.24. The van der Waals surface area contributed by atoms with Gasteiger partial charge >= 0.3 is 0 Å². The minimum absolute atomic E-state index is 0.0264. The largest absolute Gasteiger partial charge is 0.380 e. The van der Waals surface area contributed by atoms with E-state index in [4.69, 9.17) is 9.29 Å². The Bertz CT molecular complexity index is 1460. The highest BCUT2D eigenvalue weighted by Gasteiger charge is 2.26.